The molecule has 0 aliphatic heterocycles. The van der Waals surface area contributed by atoms with E-state index in [1.807, 2.05) is 0 Å². The van der Waals surface area contributed by atoms with Crippen molar-refractivity contribution >= 4 is 11.9 Å². The Bertz CT molecular complexity index is 356. The number of hydrogen-bond donors (Lipinski definition) is 3. The highest BCUT2D eigenvalue weighted by Crippen LogP contribution is 2.24. The van der Waals surface area contributed by atoms with Gasteiger partial charge in [0.05, 0.1) is 0 Å². The number of allylic oxidation sites excluding steroid dienone is 2. The van der Waals surface area contributed by atoms with E-state index in [1.54, 1.807) is 6.92 Å². The summed E-state index contributed by atoms with van der Waals surface area (Å²) < 4.78 is 0. The zero-order valence-corrected chi connectivity index (χ0v) is 7.65. The zero-order chi connectivity index (χ0) is 10.9. The predicted octanol–water partition coefficient (Wildman–Crippen LogP) is 0.129. The summed E-state index contributed by atoms with van der Waals surface area (Å²) in [6, 6.07) is 0. The predicted molar refractivity (Wildman–Crippen MR) is 48.6 cm³/mol. The Morgan fingerprint density at radius 1 is 1.50 bits per heavy atom. The van der Waals surface area contributed by atoms with Crippen LogP contribution in [0, 0.1) is 0 Å². The molecule has 0 bridgehead atoms. The Labute approximate surface area is 80.5 Å². The third-order valence-corrected chi connectivity index (χ3v) is 2.04. The summed E-state index contributed by atoms with van der Waals surface area (Å²) in [5, 5.41) is 17.6. The van der Waals surface area contributed by atoms with Crippen LogP contribution in [0.3, 0.4) is 0 Å². The standard InChI is InChI=1S/C9H11NO4/c1-5-2-6(7(11)12)4-9(10,3-5)8(13)14/h2-3H,4,10H2,1H3,(H,11,12)(H,13,14). The van der Waals surface area contributed by atoms with E-state index in [2.05, 4.69) is 0 Å². The summed E-state index contributed by atoms with van der Waals surface area (Å²) in [6.45, 7) is 1.62. The summed E-state index contributed by atoms with van der Waals surface area (Å²) in [5.41, 5.74) is 4.53. The molecule has 1 unspecified atom stereocenters. The molecule has 0 aromatic rings. The fourth-order valence-electron chi connectivity index (χ4n) is 1.41. The van der Waals surface area contributed by atoms with Crippen molar-refractivity contribution in [2.45, 2.75) is 18.9 Å². The van der Waals surface area contributed by atoms with E-state index < -0.39 is 17.5 Å². The summed E-state index contributed by atoms with van der Waals surface area (Å²) in [5.74, 6) is -2.35. The van der Waals surface area contributed by atoms with Crippen LogP contribution in [0.15, 0.2) is 23.3 Å². The molecule has 1 rings (SSSR count). The first-order valence-corrected chi connectivity index (χ1v) is 4.01. The maximum atomic E-state index is 10.8. The van der Waals surface area contributed by atoms with Crippen molar-refractivity contribution in [1.82, 2.24) is 0 Å². The molecule has 0 radical (unpaired) electrons. The molecule has 5 heteroatoms. The van der Waals surface area contributed by atoms with Crippen LogP contribution < -0.4 is 5.73 Å². The molecule has 4 N–H and O–H groups in total. The van der Waals surface area contributed by atoms with Crippen LogP contribution in [0.1, 0.15) is 13.3 Å². The highest BCUT2D eigenvalue weighted by atomic mass is 16.4. The number of carboxylic acids is 2. The van der Waals surface area contributed by atoms with E-state index >= 15 is 0 Å². The lowest BCUT2D eigenvalue weighted by Crippen LogP contribution is -2.48. The lowest BCUT2D eigenvalue weighted by atomic mass is 9.85. The Hall–Kier alpha value is -1.62. The smallest absolute Gasteiger partial charge is 0.331 e. The molecule has 1 atom stereocenters. The summed E-state index contributed by atoms with van der Waals surface area (Å²) in [4.78, 5) is 21.5. The van der Waals surface area contributed by atoms with E-state index in [0.717, 1.165) is 0 Å². The van der Waals surface area contributed by atoms with E-state index in [9.17, 15) is 9.59 Å². The molecule has 14 heavy (non-hydrogen) atoms. The molecular weight excluding hydrogens is 186 g/mol. The van der Waals surface area contributed by atoms with Gasteiger partial charge in [-0.05, 0) is 13.0 Å². The van der Waals surface area contributed by atoms with Gasteiger partial charge in [0.2, 0.25) is 0 Å². The minimum Gasteiger partial charge on any atom is -0.480 e. The van der Waals surface area contributed by atoms with Crippen molar-refractivity contribution in [3.8, 4) is 0 Å². The molecule has 5 nitrogen and oxygen atoms in total. The quantitative estimate of drug-likeness (QED) is 0.584. The van der Waals surface area contributed by atoms with Crippen LogP contribution in [0.25, 0.3) is 0 Å². The lowest BCUT2D eigenvalue weighted by molar-refractivity contribution is -0.141. The first kappa shape index (κ1) is 10.5. The maximum Gasteiger partial charge on any atom is 0.331 e. The van der Waals surface area contributed by atoms with Crippen LogP contribution in [0.2, 0.25) is 0 Å². The van der Waals surface area contributed by atoms with Gasteiger partial charge in [0.1, 0.15) is 5.54 Å². The van der Waals surface area contributed by atoms with Crippen LogP contribution in [0.4, 0.5) is 0 Å². The fraction of sp³-hybridized carbons (Fsp3) is 0.333. The number of nitrogens with two attached hydrogens (primary N) is 1. The molecule has 0 spiro atoms. The van der Waals surface area contributed by atoms with Crippen molar-refractivity contribution in [3.63, 3.8) is 0 Å². The molecule has 0 aromatic heterocycles. The largest absolute Gasteiger partial charge is 0.480 e. The van der Waals surface area contributed by atoms with Crippen molar-refractivity contribution in [1.29, 1.82) is 0 Å². The number of rotatable bonds is 2. The molecule has 0 heterocycles. The Morgan fingerprint density at radius 2 is 2.07 bits per heavy atom. The van der Waals surface area contributed by atoms with Gasteiger partial charge in [0.25, 0.3) is 0 Å². The van der Waals surface area contributed by atoms with Gasteiger partial charge in [0, 0.05) is 12.0 Å². The van der Waals surface area contributed by atoms with E-state index in [4.69, 9.17) is 15.9 Å². The second kappa shape index (κ2) is 3.26. The summed E-state index contributed by atoms with van der Waals surface area (Å²) in [6.07, 6.45) is 2.60. The molecule has 0 saturated heterocycles. The maximum absolute atomic E-state index is 10.8. The average molecular weight is 197 g/mol. The van der Waals surface area contributed by atoms with Crippen molar-refractivity contribution < 1.29 is 19.8 Å². The number of hydrogen-bond acceptors (Lipinski definition) is 3. The first-order valence-electron chi connectivity index (χ1n) is 4.01. The number of aliphatic carboxylic acids is 2. The van der Waals surface area contributed by atoms with E-state index in [1.165, 1.54) is 12.2 Å². The monoisotopic (exact) mass is 197 g/mol. The second-order valence-corrected chi connectivity index (χ2v) is 3.39. The number of carboxylic acid groups (broad SMARTS) is 2. The Balaban J connectivity index is 3.08. The normalized spacial score (nSPS) is 26.4. The Morgan fingerprint density at radius 3 is 2.50 bits per heavy atom. The van der Waals surface area contributed by atoms with Gasteiger partial charge >= 0.3 is 11.9 Å². The summed E-state index contributed by atoms with van der Waals surface area (Å²) >= 11 is 0. The van der Waals surface area contributed by atoms with Gasteiger partial charge in [-0.15, -0.1) is 0 Å². The van der Waals surface area contributed by atoms with Crippen LogP contribution in [-0.4, -0.2) is 27.7 Å². The highest BCUT2D eigenvalue weighted by molar-refractivity contribution is 5.92. The SMILES string of the molecule is CC1=CC(N)(C(=O)O)CC(C(=O)O)=C1. The molecule has 76 valence electrons. The van der Waals surface area contributed by atoms with Gasteiger partial charge in [0.15, 0.2) is 0 Å². The van der Waals surface area contributed by atoms with Gasteiger partial charge in [-0.1, -0.05) is 11.6 Å². The third-order valence-electron chi connectivity index (χ3n) is 2.04. The highest BCUT2D eigenvalue weighted by Gasteiger charge is 2.36. The van der Waals surface area contributed by atoms with Gasteiger partial charge in [-0.25, -0.2) is 9.59 Å². The molecule has 0 saturated carbocycles. The topological polar surface area (TPSA) is 101 Å². The molecule has 0 aromatic carbocycles. The Kier molecular flexibility index (Phi) is 2.44. The fourth-order valence-corrected chi connectivity index (χ4v) is 1.41. The molecule has 0 fully saturated rings. The molecule has 1 aliphatic carbocycles. The van der Waals surface area contributed by atoms with Crippen molar-refractivity contribution in [2.75, 3.05) is 0 Å². The molecular formula is C9H11NO4. The summed E-state index contributed by atoms with van der Waals surface area (Å²) in [7, 11) is 0. The van der Waals surface area contributed by atoms with Crippen LogP contribution in [0.5, 0.6) is 0 Å². The lowest BCUT2D eigenvalue weighted by Gasteiger charge is -2.25. The second-order valence-electron chi connectivity index (χ2n) is 3.39. The van der Waals surface area contributed by atoms with E-state index in [0.29, 0.717) is 5.57 Å². The third kappa shape index (κ3) is 1.82. The van der Waals surface area contributed by atoms with Crippen LogP contribution in [-0.2, 0) is 9.59 Å². The van der Waals surface area contributed by atoms with Crippen LogP contribution >= 0.6 is 0 Å². The van der Waals surface area contributed by atoms with Gasteiger partial charge in [-0.3, -0.25) is 0 Å². The molecule has 0 amide bonds. The van der Waals surface area contributed by atoms with Crippen molar-refractivity contribution in [3.05, 3.63) is 23.3 Å². The minimum atomic E-state index is -1.59. The van der Waals surface area contributed by atoms with Gasteiger partial charge in [-0.2, -0.15) is 0 Å². The first-order chi connectivity index (χ1) is 6.35. The van der Waals surface area contributed by atoms with Crippen molar-refractivity contribution in [2.24, 2.45) is 5.73 Å². The minimum absolute atomic E-state index is 0.0231. The van der Waals surface area contributed by atoms with Gasteiger partial charge < -0.3 is 15.9 Å². The number of carbonyl (C=O) groups is 2. The van der Waals surface area contributed by atoms with E-state index in [-0.39, 0.29) is 12.0 Å². The average Bonchev–Trinajstić information content (AvgIpc) is 2.02. The molecule has 1 aliphatic rings. The zero-order valence-electron chi connectivity index (χ0n) is 7.65.